The van der Waals surface area contributed by atoms with Gasteiger partial charge in [0, 0.05) is 11.5 Å². The minimum atomic E-state index is -0.404. The molecule has 2 fully saturated rings. The van der Waals surface area contributed by atoms with Crippen LogP contribution in [0.1, 0.15) is 70.9 Å². The summed E-state index contributed by atoms with van der Waals surface area (Å²) in [7, 11) is 0. The van der Waals surface area contributed by atoms with Crippen molar-refractivity contribution in [2.45, 2.75) is 70.9 Å². The van der Waals surface area contributed by atoms with Crippen molar-refractivity contribution in [2.24, 2.45) is 17.8 Å². The van der Waals surface area contributed by atoms with E-state index in [0.717, 1.165) is 17.7 Å². The second-order valence-corrected chi connectivity index (χ2v) is 8.90. The molecular weight excluding hydrogens is 326 g/mol. The molecule has 142 valence electrons. The van der Waals surface area contributed by atoms with Crippen LogP contribution in [0.25, 0.3) is 0 Å². The van der Waals surface area contributed by atoms with Crippen LogP contribution in [0.4, 0.5) is 0 Å². The molecule has 1 saturated heterocycles. The topological polar surface area (TPSA) is 38.8 Å². The molecule has 26 heavy (non-hydrogen) atoms. The van der Waals surface area contributed by atoms with Gasteiger partial charge in [-0.1, -0.05) is 57.2 Å². The summed E-state index contributed by atoms with van der Waals surface area (Å²) in [4.78, 5) is 19.6. The summed E-state index contributed by atoms with van der Waals surface area (Å²) in [5.41, 5.74) is 0.672. The van der Waals surface area contributed by atoms with Gasteiger partial charge in [0.1, 0.15) is 5.75 Å². The van der Waals surface area contributed by atoms with Gasteiger partial charge in [-0.05, 0) is 32.3 Å². The number of hydrogen-bond acceptors (Lipinski definition) is 3. The monoisotopic (exact) mass is 357 g/mol. The van der Waals surface area contributed by atoms with Crippen molar-refractivity contribution in [1.29, 1.82) is 0 Å². The third kappa shape index (κ3) is 3.13. The largest absolute Gasteiger partial charge is 0.493 e. The summed E-state index contributed by atoms with van der Waals surface area (Å²) in [6.45, 7) is 6.81. The molecule has 1 aromatic rings. The van der Waals surface area contributed by atoms with Crippen LogP contribution in [-0.2, 0) is 9.63 Å². The second kappa shape index (κ2) is 6.88. The van der Waals surface area contributed by atoms with Crippen molar-refractivity contribution >= 4 is 5.91 Å². The Bertz CT molecular complexity index is 665. The molecule has 0 aromatic heterocycles. The van der Waals surface area contributed by atoms with Crippen molar-refractivity contribution < 1.29 is 14.4 Å². The van der Waals surface area contributed by atoms with E-state index in [1.54, 1.807) is 5.06 Å². The van der Waals surface area contributed by atoms with E-state index >= 15 is 0 Å². The molecule has 0 radical (unpaired) electrons. The Morgan fingerprint density at radius 1 is 1.23 bits per heavy atom. The second-order valence-electron chi connectivity index (χ2n) is 8.90. The lowest BCUT2D eigenvalue weighted by atomic mass is 9.80. The Morgan fingerprint density at radius 2 is 1.96 bits per heavy atom. The Hall–Kier alpha value is -1.55. The highest BCUT2D eigenvalue weighted by Gasteiger charge is 2.54. The summed E-state index contributed by atoms with van der Waals surface area (Å²) >= 11 is 0. The highest BCUT2D eigenvalue weighted by atomic mass is 16.7. The number of hydrogen-bond donors (Lipinski definition) is 0. The van der Waals surface area contributed by atoms with E-state index in [-0.39, 0.29) is 23.8 Å². The third-order valence-corrected chi connectivity index (χ3v) is 6.57. The summed E-state index contributed by atoms with van der Waals surface area (Å²) in [6.07, 6.45) is 7.50. The van der Waals surface area contributed by atoms with Gasteiger partial charge in [-0.3, -0.25) is 9.63 Å². The first-order valence-electron chi connectivity index (χ1n) is 10.2. The molecule has 1 aliphatic carbocycles. The van der Waals surface area contributed by atoms with Crippen molar-refractivity contribution in [2.75, 3.05) is 6.61 Å². The predicted octanol–water partition coefficient (Wildman–Crippen LogP) is 4.90. The zero-order chi connectivity index (χ0) is 18.3. The lowest BCUT2D eigenvalue weighted by Crippen LogP contribution is -2.38. The quantitative estimate of drug-likeness (QED) is 0.773. The Kier molecular flexibility index (Phi) is 4.72. The summed E-state index contributed by atoms with van der Waals surface area (Å²) < 4.78 is 5.97. The average molecular weight is 357 g/mol. The van der Waals surface area contributed by atoms with Crippen LogP contribution in [0.15, 0.2) is 24.3 Å². The van der Waals surface area contributed by atoms with Crippen LogP contribution in [-0.4, -0.2) is 23.2 Å². The van der Waals surface area contributed by atoms with Gasteiger partial charge >= 0.3 is 0 Å². The van der Waals surface area contributed by atoms with Gasteiger partial charge in [0.25, 0.3) is 0 Å². The van der Waals surface area contributed by atoms with Gasteiger partial charge in [0.05, 0.1) is 24.2 Å². The molecule has 1 saturated carbocycles. The van der Waals surface area contributed by atoms with Crippen molar-refractivity contribution in [3.8, 4) is 5.75 Å². The SMILES string of the molecule is C[C@@H](CC1CCCCC1)C(=O)N1OC(C)(C)[C@@H]2COc3ccccc3[C@@H]21. The molecule has 4 rings (SSSR count). The normalized spacial score (nSPS) is 28.8. The number of carbonyl (C=O) groups is 1. The number of carbonyl (C=O) groups excluding carboxylic acids is 1. The molecule has 3 atom stereocenters. The van der Waals surface area contributed by atoms with Gasteiger partial charge in [-0.15, -0.1) is 0 Å². The molecule has 4 heteroatoms. The molecule has 0 spiro atoms. The fourth-order valence-corrected chi connectivity index (χ4v) is 5.02. The molecule has 1 amide bonds. The van der Waals surface area contributed by atoms with Gasteiger partial charge in [-0.25, -0.2) is 5.06 Å². The Balaban J connectivity index is 1.56. The molecule has 4 nitrogen and oxygen atoms in total. The van der Waals surface area contributed by atoms with E-state index in [1.807, 2.05) is 18.2 Å². The first-order chi connectivity index (χ1) is 12.5. The maximum Gasteiger partial charge on any atom is 0.249 e. The number of ether oxygens (including phenoxy) is 1. The maximum atomic E-state index is 13.3. The number of benzene rings is 1. The van der Waals surface area contributed by atoms with Crippen molar-refractivity contribution in [1.82, 2.24) is 5.06 Å². The summed E-state index contributed by atoms with van der Waals surface area (Å²) in [5.74, 6) is 1.86. The molecule has 2 heterocycles. The smallest absolute Gasteiger partial charge is 0.249 e. The number of hydroxylamine groups is 2. The summed E-state index contributed by atoms with van der Waals surface area (Å²) in [5, 5.41) is 1.69. The van der Waals surface area contributed by atoms with Crippen LogP contribution < -0.4 is 4.74 Å². The Morgan fingerprint density at radius 3 is 2.73 bits per heavy atom. The highest BCUT2D eigenvalue weighted by molar-refractivity contribution is 5.78. The number of para-hydroxylation sites is 1. The maximum absolute atomic E-state index is 13.3. The minimum absolute atomic E-state index is 0.00246. The van der Waals surface area contributed by atoms with Crippen LogP contribution in [0.2, 0.25) is 0 Å². The van der Waals surface area contributed by atoms with Crippen LogP contribution in [0, 0.1) is 17.8 Å². The average Bonchev–Trinajstić information content (AvgIpc) is 2.93. The predicted molar refractivity (Wildman–Crippen MR) is 101 cm³/mol. The molecule has 0 N–H and O–H groups in total. The van der Waals surface area contributed by atoms with Crippen molar-refractivity contribution in [3.63, 3.8) is 0 Å². The molecule has 0 bridgehead atoms. The number of nitrogens with zero attached hydrogens (tertiary/aromatic N) is 1. The lowest BCUT2D eigenvalue weighted by Gasteiger charge is -2.34. The fraction of sp³-hybridized carbons (Fsp3) is 0.682. The van der Waals surface area contributed by atoms with Crippen molar-refractivity contribution in [3.05, 3.63) is 29.8 Å². The van der Waals surface area contributed by atoms with E-state index in [1.165, 1.54) is 32.1 Å². The third-order valence-electron chi connectivity index (χ3n) is 6.57. The number of rotatable bonds is 3. The zero-order valence-electron chi connectivity index (χ0n) is 16.2. The van der Waals surface area contributed by atoms with Gasteiger partial charge in [0.15, 0.2) is 0 Å². The zero-order valence-corrected chi connectivity index (χ0v) is 16.2. The van der Waals surface area contributed by atoms with E-state index in [4.69, 9.17) is 9.57 Å². The van der Waals surface area contributed by atoms with Gasteiger partial charge < -0.3 is 4.74 Å². The van der Waals surface area contributed by atoms with Crippen LogP contribution >= 0.6 is 0 Å². The molecular formula is C22H31NO3. The number of fused-ring (bicyclic) bond motifs is 3. The van der Waals surface area contributed by atoms with E-state index < -0.39 is 5.60 Å². The minimum Gasteiger partial charge on any atom is -0.493 e. The first-order valence-corrected chi connectivity index (χ1v) is 10.2. The lowest BCUT2D eigenvalue weighted by molar-refractivity contribution is -0.209. The van der Waals surface area contributed by atoms with Gasteiger partial charge in [0.2, 0.25) is 5.91 Å². The standard InChI is InChI=1S/C22H31NO3/c1-15(13-16-9-5-4-6-10-16)21(24)23-20-17-11-7-8-12-19(17)25-14-18(20)22(2,3)26-23/h7-8,11-12,15-16,18,20H,4-6,9-10,13-14H2,1-3H3/t15-,18+,20-/m0/s1. The van der Waals surface area contributed by atoms with Crippen LogP contribution in [0.5, 0.6) is 5.75 Å². The fourth-order valence-electron chi connectivity index (χ4n) is 5.02. The van der Waals surface area contributed by atoms with Crippen LogP contribution in [0.3, 0.4) is 0 Å². The Labute approximate surface area is 156 Å². The first kappa shape index (κ1) is 17.8. The van der Waals surface area contributed by atoms with E-state index in [0.29, 0.717) is 12.5 Å². The highest BCUT2D eigenvalue weighted by Crippen LogP contribution is 2.51. The molecule has 2 aliphatic heterocycles. The molecule has 1 aromatic carbocycles. The molecule has 3 aliphatic rings. The summed E-state index contributed by atoms with van der Waals surface area (Å²) in [6, 6.07) is 8.02. The van der Waals surface area contributed by atoms with E-state index in [2.05, 4.69) is 26.8 Å². The van der Waals surface area contributed by atoms with Gasteiger partial charge in [-0.2, -0.15) is 0 Å². The number of amides is 1. The van der Waals surface area contributed by atoms with E-state index in [9.17, 15) is 4.79 Å². The molecule has 0 unspecified atom stereocenters.